The molecule has 0 aliphatic heterocycles. The number of aromatic hydroxyl groups is 1. The third kappa shape index (κ3) is 2.61. The molecular formula is C17H14ClF3N2O3. The lowest BCUT2D eigenvalue weighted by Gasteiger charge is -2.10. The lowest BCUT2D eigenvalue weighted by molar-refractivity contribution is -0.136. The summed E-state index contributed by atoms with van der Waals surface area (Å²) in [5.41, 5.74) is -2.19. The van der Waals surface area contributed by atoms with E-state index in [0.717, 1.165) is 0 Å². The van der Waals surface area contributed by atoms with Crippen molar-refractivity contribution in [1.29, 1.82) is 0 Å². The molecule has 2 N–H and O–H groups in total. The lowest BCUT2D eigenvalue weighted by Crippen LogP contribution is -2.12. The Hall–Kier alpha value is -2.61. The number of hydrogen-bond acceptors (Lipinski definition) is 3. The third-order valence-corrected chi connectivity index (χ3v) is 4.65. The third-order valence-electron chi connectivity index (χ3n) is 4.34. The van der Waals surface area contributed by atoms with Gasteiger partial charge in [-0.2, -0.15) is 13.2 Å². The molecule has 0 bridgehead atoms. The molecule has 0 radical (unpaired) electrons. The summed E-state index contributed by atoms with van der Waals surface area (Å²) in [6.45, 7) is 1.26. The fourth-order valence-electron chi connectivity index (χ4n) is 2.95. The molecule has 0 amide bonds. The van der Waals surface area contributed by atoms with Crippen LogP contribution in [-0.2, 0) is 13.2 Å². The first-order valence-corrected chi connectivity index (χ1v) is 7.81. The minimum atomic E-state index is -4.73. The Morgan fingerprint density at radius 3 is 2.50 bits per heavy atom. The Bertz CT molecular complexity index is 1080. The van der Waals surface area contributed by atoms with Crippen LogP contribution < -0.4 is 10.2 Å². The molecule has 2 heterocycles. The van der Waals surface area contributed by atoms with Gasteiger partial charge in [-0.25, -0.2) is 0 Å². The second kappa shape index (κ2) is 5.98. The smallest absolute Gasteiger partial charge is 0.418 e. The summed E-state index contributed by atoms with van der Waals surface area (Å²) in [5, 5.41) is 9.84. The summed E-state index contributed by atoms with van der Waals surface area (Å²) >= 11 is 6.17. The molecule has 0 unspecified atom stereocenters. The monoisotopic (exact) mass is 386 g/mol. The van der Waals surface area contributed by atoms with Gasteiger partial charge in [0.15, 0.2) is 5.75 Å². The number of H-pyrrole nitrogens is 1. The van der Waals surface area contributed by atoms with Crippen LogP contribution in [0.4, 0.5) is 13.2 Å². The maximum absolute atomic E-state index is 13.4. The Kier molecular flexibility index (Phi) is 4.18. The van der Waals surface area contributed by atoms with Gasteiger partial charge in [-0.15, -0.1) is 0 Å². The fourth-order valence-corrected chi connectivity index (χ4v) is 3.21. The van der Waals surface area contributed by atoms with E-state index in [0.29, 0.717) is 5.75 Å². The van der Waals surface area contributed by atoms with Crippen molar-refractivity contribution in [2.45, 2.75) is 13.1 Å². The zero-order valence-electron chi connectivity index (χ0n) is 14.0. The second-order valence-corrected chi connectivity index (χ2v) is 6.17. The molecule has 26 heavy (non-hydrogen) atoms. The first-order valence-electron chi connectivity index (χ1n) is 7.43. The average Bonchev–Trinajstić information content (AvgIpc) is 2.83. The van der Waals surface area contributed by atoms with E-state index in [4.69, 9.17) is 16.3 Å². The molecule has 0 spiro atoms. The van der Waals surface area contributed by atoms with E-state index >= 15 is 0 Å². The van der Waals surface area contributed by atoms with E-state index in [2.05, 4.69) is 4.98 Å². The summed E-state index contributed by atoms with van der Waals surface area (Å²) in [5.74, 6) is -0.378. The van der Waals surface area contributed by atoms with Crippen LogP contribution in [0.25, 0.3) is 22.3 Å². The number of hydrogen-bond donors (Lipinski definition) is 2. The van der Waals surface area contributed by atoms with Gasteiger partial charge in [0.25, 0.3) is 0 Å². The number of nitrogens with one attached hydrogen (secondary N) is 1. The number of aryl methyl sites for hydroxylation is 1. The van der Waals surface area contributed by atoms with Crippen molar-refractivity contribution in [2.24, 2.45) is 7.05 Å². The molecule has 5 nitrogen and oxygen atoms in total. The van der Waals surface area contributed by atoms with Gasteiger partial charge in [-0.05, 0) is 25.1 Å². The number of alkyl halides is 3. The van der Waals surface area contributed by atoms with Crippen LogP contribution in [0.15, 0.2) is 23.0 Å². The van der Waals surface area contributed by atoms with Crippen LogP contribution >= 0.6 is 11.6 Å². The van der Waals surface area contributed by atoms with Crippen LogP contribution in [0.3, 0.4) is 0 Å². The van der Waals surface area contributed by atoms with Gasteiger partial charge in [-0.3, -0.25) is 4.79 Å². The van der Waals surface area contributed by atoms with Crippen molar-refractivity contribution in [3.63, 3.8) is 0 Å². The van der Waals surface area contributed by atoms with Gasteiger partial charge in [-0.1, -0.05) is 11.6 Å². The minimum Gasteiger partial charge on any atom is -0.503 e. The maximum atomic E-state index is 13.4. The molecule has 0 saturated carbocycles. The van der Waals surface area contributed by atoms with Crippen LogP contribution in [-0.4, -0.2) is 21.8 Å². The Labute approximate surface area is 150 Å². The highest BCUT2D eigenvalue weighted by atomic mass is 35.5. The molecule has 0 aliphatic rings. The van der Waals surface area contributed by atoms with Crippen LogP contribution in [0.2, 0.25) is 5.02 Å². The topological polar surface area (TPSA) is 67.2 Å². The summed E-state index contributed by atoms with van der Waals surface area (Å²) in [6, 6.07) is 4.52. The molecule has 138 valence electrons. The molecule has 3 aromatic rings. The summed E-state index contributed by atoms with van der Waals surface area (Å²) in [6.07, 6.45) is -4.73. The number of aromatic amines is 1. The Morgan fingerprint density at radius 1 is 1.31 bits per heavy atom. The van der Waals surface area contributed by atoms with Gasteiger partial charge < -0.3 is 19.4 Å². The van der Waals surface area contributed by atoms with Gasteiger partial charge in [0, 0.05) is 18.3 Å². The van der Waals surface area contributed by atoms with Crippen LogP contribution in [0, 0.1) is 6.92 Å². The van der Waals surface area contributed by atoms with E-state index in [1.165, 1.54) is 37.8 Å². The maximum Gasteiger partial charge on any atom is 0.418 e. The molecule has 9 heteroatoms. The van der Waals surface area contributed by atoms with Gasteiger partial charge in [0.05, 0.1) is 28.8 Å². The Morgan fingerprint density at radius 2 is 1.96 bits per heavy atom. The number of nitrogens with zero attached hydrogens (tertiary/aromatic N) is 1. The standard InChI is InChI=1S/C17H14ClF3N2O3/c1-7-12(17(19,20)21)11-14(24)15(25)13(22-16(11)23(7)2)9-5-4-8(26-3)6-10(9)18/h4-6,25H,1-3H3,(H,22,24). The number of aromatic nitrogens is 2. The van der Waals surface area contributed by atoms with E-state index in [1.807, 2.05) is 0 Å². The zero-order valence-corrected chi connectivity index (χ0v) is 14.7. The van der Waals surface area contributed by atoms with Crippen LogP contribution in [0.5, 0.6) is 11.5 Å². The molecule has 0 aliphatic carbocycles. The summed E-state index contributed by atoms with van der Waals surface area (Å²) < 4.78 is 46.4. The molecule has 0 atom stereocenters. The quantitative estimate of drug-likeness (QED) is 0.692. The molecule has 2 aromatic heterocycles. The van der Waals surface area contributed by atoms with Crippen molar-refractivity contribution in [3.05, 3.63) is 44.7 Å². The largest absolute Gasteiger partial charge is 0.503 e. The Balaban J connectivity index is 2.40. The van der Waals surface area contributed by atoms with Crippen LogP contribution in [0.1, 0.15) is 11.3 Å². The predicted octanol–water partition coefficient (Wildman–Crippen LogP) is 4.23. The number of pyridine rings is 1. The fraction of sp³-hybridized carbons (Fsp3) is 0.235. The van der Waals surface area contributed by atoms with Crippen molar-refractivity contribution in [1.82, 2.24) is 9.55 Å². The predicted molar refractivity (Wildman–Crippen MR) is 91.9 cm³/mol. The number of ether oxygens (including phenoxy) is 1. The summed E-state index contributed by atoms with van der Waals surface area (Å²) in [7, 11) is 2.85. The molecule has 1 aromatic carbocycles. The highest BCUT2D eigenvalue weighted by Gasteiger charge is 2.39. The lowest BCUT2D eigenvalue weighted by atomic mass is 10.1. The van der Waals surface area contributed by atoms with Crippen molar-refractivity contribution in [2.75, 3.05) is 7.11 Å². The van der Waals surface area contributed by atoms with E-state index in [9.17, 15) is 23.1 Å². The highest BCUT2D eigenvalue weighted by Crippen LogP contribution is 2.40. The molecule has 0 saturated heterocycles. The van der Waals surface area contributed by atoms with E-state index in [1.54, 1.807) is 6.07 Å². The molecule has 3 rings (SSSR count). The average molecular weight is 387 g/mol. The minimum absolute atomic E-state index is 0.0560. The normalized spacial score (nSPS) is 12.0. The van der Waals surface area contributed by atoms with Crippen molar-refractivity contribution >= 4 is 22.6 Å². The molecular weight excluding hydrogens is 373 g/mol. The highest BCUT2D eigenvalue weighted by molar-refractivity contribution is 6.33. The number of fused-ring (bicyclic) bond motifs is 1. The van der Waals surface area contributed by atoms with Gasteiger partial charge in [0.2, 0.25) is 5.43 Å². The number of methoxy groups -OCH3 is 1. The van der Waals surface area contributed by atoms with Crippen molar-refractivity contribution in [3.8, 4) is 22.8 Å². The van der Waals surface area contributed by atoms with Gasteiger partial charge >= 0.3 is 6.18 Å². The second-order valence-electron chi connectivity index (χ2n) is 5.76. The number of benzene rings is 1. The number of rotatable bonds is 2. The van der Waals surface area contributed by atoms with Gasteiger partial charge in [0.1, 0.15) is 11.4 Å². The summed E-state index contributed by atoms with van der Waals surface area (Å²) in [4.78, 5) is 15.3. The van der Waals surface area contributed by atoms with E-state index < -0.39 is 28.3 Å². The first-order chi connectivity index (χ1) is 12.1. The first kappa shape index (κ1) is 18.2. The zero-order chi connectivity index (χ0) is 19.4. The number of halogens is 4. The molecule has 0 fully saturated rings. The van der Waals surface area contributed by atoms with Crippen molar-refractivity contribution < 1.29 is 23.0 Å². The SMILES string of the molecule is COc1ccc(-c2[nH]c3c(c(C(F)(F)F)c(C)n3C)c(=O)c2O)c(Cl)c1. The van der Waals surface area contributed by atoms with E-state index in [-0.39, 0.29) is 27.6 Å².